The molecule has 0 saturated carbocycles. The van der Waals surface area contributed by atoms with Crippen LogP contribution < -0.4 is 4.90 Å². The molecule has 0 radical (unpaired) electrons. The number of fused-ring (bicyclic) bond motifs is 7. The molecule has 0 amide bonds. The van der Waals surface area contributed by atoms with Crippen molar-refractivity contribution in [3.8, 4) is 33.4 Å². The quantitative estimate of drug-likeness (QED) is 0.171. The van der Waals surface area contributed by atoms with E-state index in [-0.39, 0.29) is 0 Å². The molecule has 0 spiro atoms. The number of hydrogen-bond acceptors (Lipinski definition) is 2. The first-order valence-corrected chi connectivity index (χ1v) is 19.2. The van der Waals surface area contributed by atoms with Gasteiger partial charge in [-0.25, -0.2) is 0 Å². The van der Waals surface area contributed by atoms with Crippen molar-refractivity contribution in [3.05, 3.63) is 212 Å². The summed E-state index contributed by atoms with van der Waals surface area (Å²) in [4.78, 5) is 2.41. The molecule has 11 rings (SSSR count). The van der Waals surface area contributed by atoms with E-state index in [0.717, 1.165) is 55.5 Å². The molecule has 262 valence electrons. The summed E-state index contributed by atoms with van der Waals surface area (Å²) < 4.78 is 6.53. The lowest BCUT2D eigenvalue weighted by Crippen LogP contribution is -2.11. The average molecular weight is 714 g/mol. The lowest BCUT2D eigenvalue weighted by atomic mass is 9.97. The molecule has 0 aliphatic heterocycles. The Hall–Kier alpha value is -7.42. The highest BCUT2D eigenvalue weighted by Crippen LogP contribution is 2.44. The number of furan rings is 1. The van der Waals surface area contributed by atoms with Crippen LogP contribution in [0.15, 0.2) is 217 Å². The van der Waals surface area contributed by atoms with Crippen LogP contribution in [0.5, 0.6) is 0 Å². The van der Waals surface area contributed by atoms with E-state index in [1.165, 1.54) is 49.2 Å². The van der Waals surface area contributed by atoms with Crippen LogP contribution in [-0.2, 0) is 0 Å². The monoisotopic (exact) mass is 713 g/mol. The molecule has 0 atom stereocenters. The zero-order chi connectivity index (χ0) is 37.0. The maximum Gasteiger partial charge on any atom is 0.143 e. The van der Waals surface area contributed by atoms with Crippen LogP contribution in [0.2, 0.25) is 0 Å². The van der Waals surface area contributed by atoms with Crippen molar-refractivity contribution in [2.75, 3.05) is 4.90 Å². The molecule has 11 aromatic rings. The summed E-state index contributed by atoms with van der Waals surface area (Å²) in [5, 5.41) is 9.49. The Morgan fingerprint density at radius 2 is 0.839 bits per heavy atom. The predicted molar refractivity (Wildman–Crippen MR) is 237 cm³/mol. The first kappa shape index (κ1) is 32.0. The number of hydrogen-bond donors (Lipinski definition) is 0. The van der Waals surface area contributed by atoms with Gasteiger partial charge in [-0.1, -0.05) is 152 Å². The van der Waals surface area contributed by atoms with E-state index >= 15 is 0 Å². The Morgan fingerprint density at radius 1 is 0.304 bits per heavy atom. The zero-order valence-electron chi connectivity index (χ0n) is 30.6. The van der Waals surface area contributed by atoms with Crippen molar-refractivity contribution in [1.29, 1.82) is 0 Å². The number of anilines is 3. The Labute approximate surface area is 325 Å². The van der Waals surface area contributed by atoms with E-state index < -0.39 is 0 Å². The van der Waals surface area contributed by atoms with Crippen molar-refractivity contribution in [3.63, 3.8) is 0 Å². The summed E-state index contributed by atoms with van der Waals surface area (Å²) in [6.45, 7) is 0. The third-order valence-electron chi connectivity index (χ3n) is 11.2. The van der Waals surface area contributed by atoms with Crippen molar-refractivity contribution < 1.29 is 4.42 Å². The second kappa shape index (κ2) is 13.2. The van der Waals surface area contributed by atoms with Gasteiger partial charge >= 0.3 is 0 Å². The summed E-state index contributed by atoms with van der Waals surface area (Å²) in [7, 11) is 0. The van der Waals surface area contributed by atoms with E-state index in [2.05, 4.69) is 217 Å². The molecule has 0 unspecified atom stereocenters. The van der Waals surface area contributed by atoms with Gasteiger partial charge in [0.2, 0.25) is 0 Å². The van der Waals surface area contributed by atoms with Crippen LogP contribution in [0.25, 0.3) is 87.6 Å². The fourth-order valence-electron chi connectivity index (χ4n) is 8.40. The number of para-hydroxylation sites is 1. The summed E-state index contributed by atoms with van der Waals surface area (Å²) >= 11 is 0. The maximum absolute atomic E-state index is 6.53. The highest BCUT2D eigenvalue weighted by Gasteiger charge is 2.20. The first-order valence-electron chi connectivity index (χ1n) is 19.2. The molecule has 0 aliphatic carbocycles. The SMILES string of the molecule is c1cc(-c2ccc3ccccc3c2)cc(N(c2cccc(-c3ccc4ccccc4c3)c2)c2ccccc2-c2ccc3oc4c5ccccc5ccc4c3c2)c1. The van der Waals surface area contributed by atoms with Crippen LogP contribution in [-0.4, -0.2) is 0 Å². The standard InChI is InChI=1S/C54H35NO/c1-3-14-39-31-43(25-23-36(39)11-1)41-16-9-18-46(33-41)55(47-19-10-17-42(34-47)44-26-24-37-12-2-4-15-40(37)32-44)52-22-8-7-20-48(52)45-28-30-53-51(35-45)50-29-27-38-13-5-6-21-49(38)54(50)56-53/h1-35H. The molecule has 0 saturated heterocycles. The summed E-state index contributed by atoms with van der Waals surface area (Å²) in [5.74, 6) is 0. The predicted octanol–water partition coefficient (Wildman–Crippen LogP) is 15.5. The molecule has 0 fully saturated rings. The van der Waals surface area contributed by atoms with E-state index in [4.69, 9.17) is 4.42 Å². The van der Waals surface area contributed by atoms with E-state index in [1.807, 2.05) is 0 Å². The highest BCUT2D eigenvalue weighted by molar-refractivity contribution is 6.15. The van der Waals surface area contributed by atoms with Gasteiger partial charge in [-0.15, -0.1) is 0 Å². The zero-order valence-corrected chi connectivity index (χ0v) is 30.6. The lowest BCUT2D eigenvalue weighted by Gasteiger charge is -2.29. The van der Waals surface area contributed by atoms with Crippen molar-refractivity contribution in [1.82, 2.24) is 0 Å². The highest BCUT2D eigenvalue weighted by atomic mass is 16.3. The Morgan fingerprint density at radius 3 is 1.52 bits per heavy atom. The summed E-state index contributed by atoms with van der Waals surface area (Å²) in [6, 6.07) is 76.7. The van der Waals surface area contributed by atoms with E-state index in [9.17, 15) is 0 Å². The van der Waals surface area contributed by atoms with Gasteiger partial charge in [-0.2, -0.15) is 0 Å². The van der Waals surface area contributed by atoms with Crippen molar-refractivity contribution in [2.45, 2.75) is 0 Å². The Balaban J connectivity index is 1.09. The topological polar surface area (TPSA) is 16.4 Å². The van der Waals surface area contributed by atoms with Crippen LogP contribution in [0.4, 0.5) is 17.1 Å². The fraction of sp³-hybridized carbons (Fsp3) is 0. The summed E-state index contributed by atoms with van der Waals surface area (Å²) in [6.07, 6.45) is 0. The van der Waals surface area contributed by atoms with Crippen LogP contribution >= 0.6 is 0 Å². The van der Waals surface area contributed by atoms with Crippen molar-refractivity contribution in [2.24, 2.45) is 0 Å². The molecule has 0 bridgehead atoms. The van der Waals surface area contributed by atoms with Gasteiger partial charge in [0.05, 0.1) is 5.69 Å². The normalized spacial score (nSPS) is 11.6. The first-order chi connectivity index (χ1) is 27.7. The van der Waals surface area contributed by atoms with Gasteiger partial charge in [0.15, 0.2) is 0 Å². The van der Waals surface area contributed by atoms with Crippen LogP contribution in [0.1, 0.15) is 0 Å². The van der Waals surface area contributed by atoms with Gasteiger partial charge in [-0.3, -0.25) is 0 Å². The van der Waals surface area contributed by atoms with Crippen molar-refractivity contribution >= 4 is 71.3 Å². The molecule has 2 heteroatoms. The maximum atomic E-state index is 6.53. The fourth-order valence-corrected chi connectivity index (χ4v) is 8.40. The Kier molecular flexibility index (Phi) is 7.53. The minimum absolute atomic E-state index is 0.889. The lowest BCUT2D eigenvalue weighted by molar-refractivity contribution is 0.672. The third kappa shape index (κ3) is 5.51. The molecular weight excluding hydrogens is 679 g/mol. The van der Waals surface area contributed by atoms with Gasteiger partial charge < -0.3 is 9.32 Å². The smallest absolute Gasteiger partial charge is 0.143 e. The molecular formula is C54H35NO. The minimum Gasteiger partial charge on any atom is -0.455 e. The third-order valence-corrected chi connectivity index (χ3v) is 11.2. The largest absolute Gasteiger partial charge is 0.455 e. The molecule has 56 heavy (non-hydrogen) atoms. The number of benzene rings is 10. The summed E-state index contributed by atoms with van der Waals surface area (Å²) in [5.41, 5.74) is 12.1. The van der Waals surface area contributed by atoms with Gasteiger partial charge in [0.1, 0.15) is 11.2 Å². The molecule has 1 heterocycles. The minimum atomic E-state index is 0.889. The van der Waals surface area contributed by atoms with E-state index in [0.29, 0.717) is 0 Å². The Bertz CT molecular complexity index is 3160. The number of rotatable bonds is 6. The molecule has 0 N–H and O–H groups in total. The second-order valence-corrected chi connectivity index (χ2v) is 14.6. The molecule has 1 aromatic heterocycles. The molecule has 2 nitrogen and oxygen atoms in total. The van der Waals surface area contributed by atoms with Gasteiger partial charge in [0, 0.05) is 33.1 Å². The van der Waals surface area contributed by atoms with Gasteiger partial charge in [0.25, 0.3) is 0 Å². The number of nitrogens with zero attached hydrogens (tertiary/aromatic N) is 1. The van der Waals surface area contributed by atoms with Crippen LogP contribution in [0.3, 0.4) is 0 Å². The van der Waals surface area contributed by atoms with E-state index in [1.54, 1.807) is 0 Å². The second-order valence-electron chi connectivity index (χ2n) is 14.6. The van der Waals surface area contributed by atoms with Gasteiger partial charge in [-0.05, 0) is 115 Å². The van der Waals surface area contributed by atoms with Crippen LogP contribution in [0, 0.1) is 0 Å². The average Bonchev–Trinajstić information content (AvgIpc) is 3.65. The molecule has 0 aliphatic rings. The molecule has 10 aromatic carbocycles.